The van der Waals surface area contributed by atoms with E-state index in [0.717, 1.165) is 25.8 Å². The Balaban J connectivity index is 1.63. The Labute approximate surface area is 162 Å². The van der Waals surface area contributed by atoms with Gasteiger partial charge < -0.3 is 10.6 Å². The fourth-order valence-corrected chi connectivity index (χ4v) is 3.10. The van der Waals surface area contributed by atoms with Gasteiger partial charge in [-0.25, -0.2) is 8.78 Å². The first-order valence-corrected chi connectivity index (χ1v) is 9.03. The predicted molar refractivity (Wildman–Crippen MR) is 108 cm³/mol. The van der Waals surface area contributed by atoms with Crippen molar-refractivity contribution in [3.05, 3.63) is 65.2 Å². The van der Waals surface area contributed by atoms with E-state index in [1.807, 2.05) is 23.1 Å². The van der Waals surface area contributed by atoms with Crippen LogP contribution in [0.2, 0.25) is 0 Å². The van der Waals surface area contributed by atoms with E-state index in [2.05, 4.69) is 39.8 Å². The molecule has 5 nitrogen and oxygen atoms in total. The molecule has 0 spiro atoms. The average molecular weight is 389 g/mol. The average Bonchev–Trinajstić information content (AvgIpc) is 2.67. The van der Waals surface area contributed by atoms with Gasteiger partial charge in [0, 0.05) is 38.3 Å². The number of piperazine rings is 1. The third kappa shape index (κ3) is 4.99. The van der Waals surface area contributed by atoms with Crippen LogP contribution in [0.4, 0.5) is 14.5 Å². The maximum atomic E-state index is 14.5. The summed E-state index contributed by atoms with van der Waals surface area (Å²) in [6.45, 7) is 3.71. The zero-order chi connectivity index (χ0) is 19.2. The largest absolute Gasteiger partial charge is 0.375 e. The molecule has 3 N–H and O–H groups in total. The van der Waals surface area contributed by atoms with Crippen molar-refractivity contribution in [1.29, 1.82) is 0 Å². The van der Waals surface area contributed by atoms with Crippen LogP contribution in [-0.4, -0.2) is 42.4 Å². The zero-order valence-electron chi connectivity index (χ0n) is 14.7. The van der Waals surface area contributed by atoms with Crippen molar-refractivity contribution >= 4 is 29.2 Å². The summed E-state index contributed by atoms with van der Waals surface area (Å²) in [6, 6.07) is 13.3. The van der Waals surface area contributed by atoms with Crippen LogP contribution in [-0.2, 0) is 6.54 Å². The molecular weight excluding hydrogens is 368 g/mol. The van der Waals surface area contributed by atoms with Gasteiger partial charge in [0.2, 0.25) is 0 Å². The Morgan fingerprint density at radius 1 is 1.07 bits per heavy atom. The van der Waals surface area contributed by atoms with E-state index in [0.29, 0.717) is 13.1 Å². The van der Waals surface area contributed by atoms with Crippen LogP contribution in [0.15, 0.2) is 47.6 Å². The molecule has 3 rings (SSSR count). The van der Waals surface area contributed by atoms with Crippen molar-refractivity contribution in [1.82, 2.24) is 10.3 Å². The summed E-state index contributed by atoms with van der Waals surface area (Å²) >= 11 is 4.60. The van der Waals surface area contributed by atoms with Gasteiger partial charge in [-0.3, -0.25) is 10.3 Å². The lowest BCUT2D eigenvalue weighted by Crippen LogP contribution is -2.46. The van der Waals surface area contributed by atoms with E-state index in [1.165, 1.54) is 11.6 Å². The lowest BCUT2D eigenvalue weighted by atomic mass is 10.1. The van der Waals surface area contributed by atoms with Gasteiger partial charge in [-0.15, -0.1) is 0 Å². The Morgan fingerprint density at radius 3 is 2.44 bits per heavy atom. The highest BCUT2D eigenvalue weighted by Crippen LogP contribution is 2.25. The topological polar surface area (TPSA) is 56.9 Å². The third-order valence-electron chi connectivity index (χ3n) is 4.43. The Morgan fingerprint density at radius 2 is 1.78 bits per heavy atom. The van der Waals surface area contributed by atoms with Gasteiger partial charge >= 0.3 is 0 Å². The van der Waals surface area contributed by atoms with Gasteiger partial charge in [-0.2, -0.15) is 5.10 Å². The number of halogens is 2. The van der Waals surface area contributed by atoms with Crippen molar-refractivity contribution in [3.8, 4) is 0 Å². The number of thiocarbonyl (C=S) groups is 1. The van der Waals surface area contributed by atoms with E-state index in [9.17, 15) is 8.78 Å². The van der Waals surface area contributed by atoms with Crippen LogP contribution in [0.3, 0.4) is 0 Å². The highest BCUT2D eigenvalue weighted by atomic mass is 32.1. The molecule has 0 atom stereocenters. The minimum atomic E-state index is -0.937. The number of rotatable bonds is 5. The lowest BCUT2D eigenvalue weighted by Gasteiger charge is -2.36. The molecule has 1 aliphatic heterocycles. The minimum absolute atomic E-state index is 0.0303. The number of nitrogens with two attached hydrogens (primary N) is 1. The van der Waals surface area contributed by atoms with Crippen molar-refractivity contribution in [2.45, 2.75) is 6.54 Å². The second kappa shape index (κ2) is 8.88. The van der Waals surface area contributed by atoms with Crippen LogP contribution in [0.1, 0.15) is 11.1 Å². The molecule has 0 unspecified atom stereocenters. The summed E-state index contributed by atoms with van der Waals surface area (Å²) in [7, 11) is 0. The fraction of sp³-hybridized carbons (Fsp3) is 0.263. The summed E-state index contributed by atoms with van der Waals surface area (Å²) in [5.41, 5.74) is 9.10. The molecule has 0 amide bonds. The minimum Gasteiger partial charge on any atom is -0.375 e. The monoisotopic (exact) mass is 389 g/mol. The maximum absolute atomic E-state index is 14.5. The van der Waals surface area contributed by atoms with E-state index in [4.69, 9.17) is 5.73 Å². The molecule has 2 aromatic carbocycles. The molecule has 142 valence electrons. The van der Waals surface area contributed by atoms with E-state index < -0.39 is 11.6 Å². The van der Waals surface area contributed by atoms with Crippen LogP contribution in [0.25, 0.3) is 0 Å². The van der Waals surface area contributed by atoms with Crippen LogP contribution < -0.4 is 16.1 Å². The first-order valence-electron chi connectivity index (χ1n) is 8.62. The molecule has 8 heteroatoms. The third-order valence-corrected chi connectivity index (χ3v) is 4.52. The fourth-order valence-electron chi connectivity index (χ4n) is 3.05. The second-order valence-corrected chi connectivity index (χ2v) is 6.72. The Bertz CT molecular complexity index is 820. The number of nitrogens with zero attached hydrogens (tertiary/aromatic N) is 3. The smallest absolute Gasteiger partial charge is 0.184 e. The summed E-state index contributed by atoms with van der Waals surface area (Å²) in [4.78, 5) is 4.18. The number of hydrogen-bond donors (Lipinski definition) is 2. The molecule has 0 radical (unpaired) electrons. The summed E-state index contributed by atoms with van der Waals surface area (Å²) < 4.78 is 28.8. The zero-order valence-corrected chi connectivity index (χ0v) is 15.6. The van der Waals surface area contributed by atoms with Crippen molar-refractivity contribution < 1.29 is 8.78 Å². The van der Waals surface area contributed by atoms with Gasteiger partial charge in [0.05, 0.1) is 11.9 Å². The number of hydrazone groups is 1. The molecule has 1 fully saturated rings. The SMILES string of the molecule is NC(=S)N/N=C/c1ccc(N2CCN(Cc3ccccc3)CC2)c(F)c1F. The quantitative estimate of drug-likeness (QED) is 0.467. The predicted octanol–water partition coefficient (Wildman–Crippen LogP) is 2.45. The van der Waals surface area contributed by atoms with Crippen molar-refractivity contribution in [2.75, 3.05) is 31.1 Å². The Kier molecular flexibility index (Phi) is 6.31. The highest BCUT2D eigenvalue weighted by molar-refractivity contribution is 7.80. The molecule has 1 heterocycles. The van der Waals surface area contributed by atoms with E-state index in [1.54, 1.807) is 6.07 Å². The summed E-state index contributed by atoms with van der Waals surface area (Å²) in [5, 5.41) is 3.62. The summed E-state index contributed by atoms with van der Waals surface area (Å²) in [6.07, 6.45) is 1.15. The van der Waals surface area contributed by atoms with Gasteiger partial charge in [0.25, 0.3) is 0 Å². The van der Waals surface area contributed by atoms with Gasteiger partial charge in [0.1, 0.15) is 0 Å². The van der Waals surface area contributed by atoms with Gasteiger partial charge in [0.15, 0.2) is 16.7 Å². The molecule has 0 aromatic heterocycles. The summed E-state index contributed by atoms with van der Waals surface area (Å²) in [5.74, 6) is -1.81. The van der Waals surface area contributed by atoms with E-state index in [-0.39, 0.29) is 16.4 Å². The maximum Gasteiger partial charge on any atom is 0.184 e. The molecule has 0 saturated carbocycles. The first kappa shape index (κ1) is 19.2. The lowest BCUT2D eigenvalue weighted by molar-refractivity contribution is 0.249. The molecule has 0 aliphatic carbocycles. The van der Waals surface area contributed by atoms with Crippen LogP contribution in [0, 0.1) is 11.6 Å². The standard InChI is InChI=1S/C19H21F2N5S/c20-17-15(12-23-24-19(22)27)6-7-16(18(17)21)26-10-8-25(9-11-26)13-14-4-2-1-3-5-14/h1-7,12H,8-11,13H2,(H3,22,24,27)/b23-12+. The molecule has 27 heavy (non-hydrogen) atoms. The second-order valence-electron chi connectivity index (χ2n) is 6.28. The first-order chi connectivity index (χ1) is 13.0. The molecule has 2 aromatic rings. The van der Waals surface area contributed by atoms with Gasteiger partial charge in [-0.05, 0) is 29.9 Å². The van der Waals surface area contributed by atoms with Crippen LogP contribution in [0.5, 0.6) is 0 Å². The highest BCUT2D eigenvalue weighted by Gasteiger charge is 2.22. The number of benzene rings is 2. The molecule has 0 bridgehead atoms. The molecule has 1 saturated heterocycles. The normalized spacial score (nSPS) is 15.3. The van der Waals surface area contributed by atoms with Gasteiger partial charge in [-0.1, -0.05) is 30.3 Å². The Hall–Kier alpha value is -2.58. The van der Waals surface area contributed by atoms with Crippen molar-refractivity contribution in [3.63, 3.8) is 0 Å². The van der Waals surface area contributed by atoms with Crippen LogP contribution >= 0.6 is 12.2 Å². The number of hydrogen-bond acceptors (Lipinski definition) is 4. The molecular formula is C19H21F2N5S. The number of anilines is 1. The van der Waals surface area contributed by atoms with Crippen molar-refractivity contribution in [2.24, 2.45) is 10.8 Å². The number of nitrogens with one attached hydrogen (secondary N) is 1. The van der Waals surface area contributed by atoms with E-state index >= 15 is 0 Å². The molecule has 1 aliphatic rings.